The molecule has 0 aromatic carbocycles. The molecule has 0 spiro atoms. The summed E-state index contributed by atoms with van der Waals surface area (Å²) in [6.07, 6.45) is -0.0943. The van der Waals surface area contributed by atoms with Gasteiger partial charge in [0.05, 0.1) is 18.8 Å². The molecular weight excluding hydrogens is 384 g/mol. The maximum atomic E-state index is 11.5. The van der Waals surface area contributed by atoms with E-state index in [9.17, 15) is 33.6 Å². The highest BCUT2D eigenvalue weighted by atomic mass is 32.2. The van der Waals surface area contributed by atoms with Crippen LogP contribution in [0.25, 0.3) is 0 Å². The van der Waals surface area contributed by atoms with Crippen molar-refractivity contribution < 1.29 is 38.4 Å². The average molecular weight is 402 g/mol. The number of carbonyl (C=O) groups excluding carboxylic acids is 7. The molecule has 1 aliphatic rings. The number of hydrogen-bond donors (Lipinski definition) is 3. The third-order valence-corrected chi connectivity index (χ3v) is 3.74. The maximum Gasteiger partial charge on any atom is 0.352 e. The monoisotopic (exact) mass is 402 g/mol. The fourth-order valence-electron chi connectivity index (χ4n) is 1.66. The van der Waals surface area contributed by atoms with E-state index in [1.54, 1.807) is 0 Å². The standard InChI is InChI=1S/C14H18N4O8S/c1-8(19)27-7-11(22)16-5-9(20)15-4-10(21)17-6-14(25)26-18-12(23)2-3-13(18)24/h2-7H2,1H3,(H,15,20)(H,16,22)(H,17,21). The van der Waals surface area contributed by atoms with Crippen molar-refractivity contribution in [1.29, 1.82) is 0 Å². The summed E-state index contributed by atoms with van der Waals surface area (Å²) in [6.45, 7) is -0.151. The second kappa shape index (κ2) is 10.9. The topological polar surface area (TPSA) is 168 Å². The van der Waals surface area contributed by atoms with Gasteiger partial charge in [0, 0.05) is 19.8 Å². The van der Waals surface area contributed by atoms with Crippen LogP contribution in [0.3, 0.4) is 0 Å². The Labute approximate surface area is 157 Å². The molecular formula is C14H18N4O8S. The molecule has 1 aliphatic heterocycles. The van der Waals surface area contributed by atoms with Crippen molar-refractivity contribution in [2.24, 2.45) is 0 Å². The molecule has 0 radical (unpaired) electrons. The lowest BCUT2D eigenvalue weighted by Crippen LogP contribution is -2.44. The van der Waals surface area contributed by atoms with Gasteiger partial charge in [-0.15, -0.1) is 5.06 Å². The quantitative estimate of drug-likeness (QED) is 0.345. The van der Waals surface area contributed by atoms with Crippen LogP contribution in [0.1, 0.15) is 19.8 Å². The van der Waals surface area contributed by atoms with Gasteiger partial charge in [0.2, 0.25) is 17.7 Å². The van der Waals surface area contributed by atoms with Crippen molar-refractivity contribution in [3.05, 3.63) is 0 Å². The van der Waals surface area contributed by atoms with Crippen LogP contribution in [0.15, 0.2) is 0 Å². The first-order chi connectivity index (χ1) is 12.7. The van der Waals surface area contributed by atoms with Crippen LogP contribution < -0.4 is 16.0 Å². The van der Waals surface area contributed by atoms with Gasteiger partial charge in [0.1, 0.15) is 6.54 Å². The predicted molar refractivity (Wildman–Crippen MR) is 89.3 cm³/mol. The summed E-state index contributed by atoms with van der Waals surface area (Å²) in [7, 11) is 0. The van der Waals surface area contributed by atoms with Gasteiger partial charge in [-0.3, -0.25) is 28.8 Å². The van der Waals surface area contributed by atoms with Crippen LogP contribution in [0.2, 0.25) is 0 Å². The predicted octanol–water partition coefficient (Wildman–Crippen LogP) is -2.78. The van der Waals surface area contributed by atoms with Crippen LogP contribution in [0.4, 0.5) is 0 Å². The lowest BCUT2D eigenvalue weighted by Gasteiger charge is -2.13. The highest BCUT2D eigenvalue weighted by Gasteiger charge is 2.32. The molecule has 148 valence electrons. The Hall–Kier alpha value is -2.96. The molecule has 5 amide bonds. The first kappa shape index (κ1) is 22.1. The van der Waals surface area contributed by atoms with Gasteiger partial charge in [-0.2, -0.15) is 0 Å². The minimum atomic E-state index is -1.02. The summed E-state index contributed by atoms with van der Waals surface area (Å²) < 4.78 is 0. The normalized spacial score (nSPS) is 13.1. The van der Waals surface area contributed by atoms with Crippen molar-refractivity contribution in [3.63, 3.8) is 0 Å². The minimum absolute atomic E-state index is 0.0471. The number of imide groups is 1. The zero-order valence-corrected chi connectivity index (χ0v) is 15.2. The molecule has 1 saturated heterocycles. The molecule has 0 aromatic rings. The summed E-state index contributed by atoms with van der Waals surface area (Å²) in [4.78, 5) is 83.5. The Morgan fingerprint density at radius 2 is 1.37 bits per heavy atom. The van der Waals surface area contributed by atoms with Gasteiger partial charge in [-0.05, 0) is 0 Å². The molecule has 0 unspecified atom stereocenters. The van der Waals surface area contributed by atoms with E-state index in [0.717, 1.165) is 11.8 Å². The van der Waals surface area contributed by atoms with Gasteiger partial charge in [0.25, 0.3) is 11.8 Å². The van der Waals surface area contributed by atoms with E-state index in [0.29, 0.717) is 5.06 Å². The molecule has 0 aromatic heterocycles. The smallest absolute Gasteiger partial charge is 0.346 e. The van der Waals surface area contributed by atoms with Gasteiger partial charge >= 0.3 is 5.97 Å². The third-order valence-electron chi connectivity index (χ3n) is 2.93. The van der Waals surface area contributed by atoms with E-state index in [1.807, 2.05) is 0 Å². The maximum absolute atomic E-state index is 11.5. The molecule has 0 aliphatic carbocycles. The first-order valence-electron chi connectivity index (χ1n) is 7.69. The van der Waals surface area contributed by atoms with Crippen molar-refractivity contribution in [3.8, 4) is 0 Å². The van der Waals surface area contributed by atoms with Gasteiger partial charge in [0.15, 0.2) is 5.12 Å². The molecule has 1 heterocycles. The van der Waals surface area contributed by atoms with E-state index >= 15 is 0 Å². The van der Waals surface area contributed by atoms with Gasteiger partial charge in [-0.25, -0.2) is 4.79 Å². The average Bonchev–Trinajstić information content (AvgIpc) is 2.93. The molecule has 13 heteroatoms. The molecule has 0 saturated carbocycles. The van der Waals surface area contributed by atoms with Crippen LogP contribution in [0.5, 0.6) is 0 Å². The Morgan fingerprint density at radius 1 is 0.889 bits per heavy atom. The van der Waals surface area contributed by atoms with Gasteiger partial charge < -0.3 is 20.8 Å². The molecule has 27 heavy (non-hydrogen) atoms. The Morgan fingerprint density at radius 3 is 1.89 bits per heavy atom. The number of nitrogens with zero attached hydrogens (tertiary/aromatic N) is 1. The number of hydrogen-bond acceptors (Lipinski definition) is 9. The van der Waals surface area contributed by atoms with Crippen LogP contribution in [0, 0.1) is 0 Å². The van der Waals surface area contributed by atoms with E-state index < -0.39 is 48.6 Å². The zero-order chi connectivity index (χ0) is 20.4. The van der Waals surface area contributed by atoms with Crippen molar-refractivity contribution in [2.75, 3.05) is 25.4 Å². The first-order valence-corrected chi connectivity index (χ1v) is 8.67. The fraction of sp³-hybridized carbons (Fsp3) is 0.500. The van der Waals surface area contributed by atoms with Gasteiger partial charge in [-0.1, -0.05) is 11.8 Å². The Balaban J connectivity index is 2.17. The lowest BCUT2D eigenvalue weighted by molar-refractivity contribution is -0.196. The summed E-state index contributed by atoms with van der Waals surface area (Å²) in [5, 5.41) is 6.72. The number of rotatable bonds is 9. The minimum Gasteiger partial charge on any atom is -0.346 e. The summed E-state index contributed by atoms with van der Waals surface area (Å²) in [6, 6.07) is 0. The van der Waals surface area contributed by atoms with Crippen LogP contribution in [-0.4, -0.2) is 71.1 Å². The van der Waals surface area contributed by atoms with Crippen LogP contribution in [-0.2, 0) is 38.4 Å². The molecule has 1 fully saturated rings. The molecule has 12 nitrogen and oxygen atoms in total. The zero-order valence-electron chi connectivity index (χ0n) is 14.4. The number of thioether (sulfide) groups is 1. The summed E-state index contributed by atoms with van der Waals surface area (Å²) in [5.74, 6) is -4.31. The Kier molecular flexibility index (Phi) is 8.92. The second-order valence-corrected chi connectivity index (χ2v) is 6.31. The van der Waals surface area contributed by atoms with E-state index in [2.05, 4.69) is 20.8 Å². The highest BCUT2D eigenvalue weighted by Crippen LogP contribution is 2.11. The lowest BCUT2D eigenvalue weighted by atomic mass is 10.4. The Bertz CT molecular complexity index is 650. The largest absolute Gasteiger partial charge is 0.352 e. The van der Waals surface area contributed by atoms with Crippen LogP contribution >= 0.6 is 11.8 Å². The number of hydroxylamine groups is 2. The highest BCUT2D eigenvalue weighted by molar-refractivity contribution is 8.14. The third kappa shape index (κ3) is 8.80. The molecule has 0 bridgehead atoms. The van der Waals surface area contributed by atoms with Crippen molar-refractivity contribution in [1.82, 2.24) is 21.0 Å². The van der Waals surface area contributed by atoms with Crippen molar-refractivity contribution in [2.45, 2.75) is 19.8 Å². The van der Waals surface area contributed by atoms with E-state index in [1.165, 1.54) is 6.92 Å². The SMILES string of the molecule is CC(=O)SCC(=O)NCC(=O)NCC(=O)NCC(=O)ON1C(=O)CCC1=O. The molecule has 3 N–H and O–H groups in total. The van der Waals surface area contributed by atoms with E-state index in [-0.39, 0.29) is 30.3 Å². The summed E-state index contributed by atoms with van der Waals surface area (Å²) in [5.41, 5.74) is 0. The number of nitrogens with one attached hydrogen (secondary N) is 3. The fourth-order valence-corrected chi connectivity index (χ4v) is 2.10. The van der Waals surface area contributed by atoms with Crippen molar-refractivity contribution >= 4 is 52.4 Å². The number of carbonyl (C=O) groups is 7. The summed E-state index contributed by atoms with van der Waals surface area (Å²) >= 11 is 0.794. The van der Waals surface area contributed by atoms with E-state index in [4.69, 9.17) is 0 Å². The molecule has 1 rings (SSSR count). The second-order valence-electron chi connectivity index (χ2n) is 5.16. The number of amides is 5. The molecule has 0 atom stereocenters.